The molecule has 22 heavy (non-hydrogen) atoms. The Kier molecular flexibility index (Phi) is 5.52. The van der Waals surface area contributed by atoms with Crippen LogP contribution in [0.3, 0.4) is 0 Å². The Bertz CT molecular complexity index is 580. The Hall–Kier alpha value is -1.05. The van der Waals surface area contributed by atoms with Crippen molar-refractivity contribution in [1.82, 2.24) is 4.90 Å². The van der Waals surface area contributed by atoms with Gasteiger partial charge in [0.2, 0.25) is 0 Å². The Labute approximate surface area is 130 Å². The first-order valence-corrected chi connectivity index (χ1v) is 9.06. The van der Waals surface area contributed by atoms with E-state index in [-0.39, 0.29) is 12.5 Å². The van der Waals surface area contributed by atoms with Gasteiger partial charge in [0, 0.05) is 12.6 Å². The summed E-state index contributed by atoms with van der Waals surface area (Å²) >= 11 is 0. The summed E-state index contributed by atoms with van der Waals surface area (Å²) in [5.41, 5.74) is 0.968. The average Bonchev–Trinajstić information content (AvgIpc) is 2.45. The molecular formula is C15H21F2NO3S. The van der Waals surface area contributed by atoms with Crippen LogP contribution in [0.15, 0.2) is 30.3 Å². The summed E-state index contributed by atoms with van der Waals surface area (Å²) in [6.45, 7) is 2.27. The molecule has 2 rings (SSSR count). The fourth-order valence-corrected chi connectivity index (χ4v) is 3.64. The zero-order valence-corrected chi connectivity index (χ0v) is 13.5. The number of rotatable bonds is 5. The molecule has 0 aliphatic carbocycles. The zero-order valence-electron chi connectivity index (χ0n) is 12.7. The van der Waals surface area contributed by atoms with Crippen molar-refractivity contribution in [1.29, 1.82) is 0 Å². The van der Waals surface area contributed by atoms with Crippen molar-refractivity contribution in [3.05, 3.63) is 35.9 Å². The lowest BCUT2D eigenvalue weighted by atomic mass is 9.95. The maximum Gasteiger partial charge on any atom is 0.264 e. The number of alkyl halides is 2. The lowest BCUT2D eigenvalue weighted by Crippen LogP contribution is -2.49. The van der Waals surface area contributed by atoms with Crippen molar-refractivity contribution in [2.45, 2.75) is 44.4 Å². The number of likely N-dealkylation sites (tertiary alicyclic amines) is 1. The summed E-state index contributed by atoms with van der Waals surface area (Å²) in [6, 6.07) is 8.30. The third-order valence-electron chi connectivity index (χ3n) is 4.02. The third-order valence-corrected chi connectivity index (χ3v) is 4.64. The van der Waals surface area contributed by atoms with Crippen molar-refractivity contribution in [2.24, 2.45) is 0 Å². The largest absolute Gasteiger partial charge is 0.288 e. The number of benzene rings is 1. The highest BCUT2D eigenvalue weighted by Crippen LogP contribution is 2.32. The van der Waals surface area contributed by atoms with Crippen molar-refractivity contribution < 1.29 is 21.4 Å². The van der Waals surface area contributed by atoms with E-state index < -0.39 is 28.7 Å². The third kappa shape index (κ3) is 4.47. The zero-order chi connectivity index (χ0) is 16.3. The lowest BCUT2D eigenvalue weighted by Gasteiger charge is -2.42. The van der Waals surface area contributed by atoms with E-state index in [9.17, 15) is 17.2 Å². The fourth-order valence-electron chi connectivity index (χ4n) is 2.97. The Balaban J connectivity index is 2.12. The van der Waals surface area contributed by atoms with Crippen LogP contribution < -0.4 is 0 Å². The molecule has 4 nitrogen and oxygen atoms in total. The molecule has 1 fully saturated rings. The van der Waals surface area contributed by atoms with Crippen LogP contribution in [0.2, 0.25) is 0 Å². The molecular weight excluding hydrogens is 312 g/mol. The van der Waals surface area contributed by atoms with E-state index >= 15 is 0 Å². The second-order valence-corrected chi connectivity index (χ2v) is 7.27. The highest BCUT2D eigenvalue weighted by molar-refractivity contribution is 7.86. The summed E-state index contributed by atoms with van der Waals surface area (Å²) < 4.78 is 54.1. The van der Waals surface area contributed by atoms with E-state index in [4.69, 9.17) is 4.18 Å². The molecule has 1 heterocycles. The number of halogens is 2. The van der Waals surface area contributed by atoms with E-state index in [2.05, 4.69) is 0 Å². The molecule has 2 unspecified atom stereocenters. The molecule has 1 saturated heterocycles. The van der Waals surface area contributed by atoms with Crippen LogP contribution >= 0.6 is 0 Å². The Morgan fingerprint density at radius 2 is 1.91 bits per heavy atom. The number of nitrogens with zero attached hydrogens (tertiary/aromatic N) is 1. The van der Waals surface area contributed by atoms with Crippen LogP contribution in [-0.4, -0.2) is 44.7 Å². The normalized spacial score (nSPS) is 25.3. The predicted octanol–water partition coefficient (Wildman–Crippen LogP) is 2.82. The first kappa shape index (κ1) is 17.3. The van der Waals surface area contributed by atoms with Crippen molar-refractivity contribution in [3.63, 3.8) is 0 Å². The molecule has 0 amide bonds. The van der Waals surface area contributed by atoms with E-state index in [1.54, 1.807) is 4.90 Å². The summed E-state index contributed by atoms with van der Waals surface area (Å²) in [5.74, 6) is 0. The molecule has 0 bridgehead atoms. The van der Waals surface area contributed by atoms with Gasteiger partial charge in [-0.15, -0.1) is 0 Å². The molecule has 7 heteroatoms. The van der Waals surface area contributed by atoms with Gasteiger partial charge in [-0.05, 0) is 25.3 Å². The minimum absolute atomic E-state index is 0.0158. The molecule has 0 aromatic heterocycles. The first-order valence-electron chi connectivity index (χ1n) is 7.25. The SMILES string of the molecule is C[C@H](c1ccccc1)N1CCC(OS(C)(=O)=O)CC1C(F)F. The van der Waals surface area contributed by atoms with Crippen molar-refractivity contribution in [3.8, 4) is 0 Å². The Morgan fingerprint density at radius 3 is 2.45 bits per heavy atom. The minimum atomic E-state index is -3.63. The summed E-state index contributed by atoms with van der Waals surface area (Å²) in [7, 11) is -3.63. The van der Waals surface area contributed by atoms with Crippen molar-refractivity contribution in [2.75, 3.05) is 12.8 Å². The topological polar surface area (TPSA) is 46.6 Å². The maximum absolute atomic E-state index is 13.4. The number of hydrogen-bond acceptors (Lipinski definition) is 4. The van der Waals surface area contributed by atoms with Crippen molar-refractivity contribution >= 4 is 10.1 Å². The van der Waals surface area contributed by atoms with Gasteiger partial charge in [0.25, 0.3) is 16.5 Å². The van der Waals surface area contributed by atoms with Gasteiger partial charge in [-0.3, -0.25) is 9.08 Å². The summed E-state index contributed by atoms with van der Waals surface area (Å²) in [4.78, 5) is 1.74. The minimum Gasteiger partial charge on any atom is -0.288 e. The van der Waals surface area contributed by atoms with Crippen LogP contribution in [0.1, 0.15) is 31.4 Å². The molecule has 1 aromatic rings. The highest BCUT2D eigenvalue weighted by Gasteiger charge is 2.38. The van der Waals surface area contributed by atoms with E-state index in [0.717, 1.165) is 11.8 Å². The van der Waals surface area contributed by atoms with Gasteiger partial charge in [-0.1, -0.05) is 30.3 Å². The van der Waals surface area contributed by atoms with Gasteiger partial charge < -0.3 is 0 Å². The van der Waals surface area contributed by atoms with Crippen LogP contribution in [0.4, 0.5) is 8.78 Å². The van der Waals surface area contributed by atoms with Gasteiger partial charge in [0.15, 0.2) is 0 Å². The van der Waals surface area contributed by atoms with Gasteiger partial charge in [-0.25, -0.2) is 8.78 Å². The van der Waals surface area contributed by atoms with Gasteiger partial charge in [-0.2, -0.15) is 8.42 Å². The molecule has 1 aliphatic heterocycles. The van der Waals surface area contributed by atoms with E-state index in [0.29, 0.717) is 13.0 Å². The smallest absolute Gasteiger partial charge is 0.264 e. The van der Waals surface area contributed by atoms with Crippen LogP contribution in [-0.2, 0) is 14.3 Å². The monoisotopic (exact) mass is 333 g/mol. The molecule has 3 atom stereocenters. The van der Waals surface area contributed by atoms with Crippen LogP contribution in [0.25, 0.3) is 0 Å². The predicted molar refractivity (Wildman–Crippen MR) is 80.3 cm³/mol. The summed E-state index contributed by atoms with van der Waals surface area (Å²) in [5, 5.41) is 0. The van der Waals surface area contributed by atoms with Gasteiger partial charge in [0.05, 0.1) is 18.4 Å². The van der Waals surface area contributed by atoms with Gasteiger partial charge in [0.1, 0.15) is 0 Å². The molecule has 0 N–H and O–H groups in total. The fraction of sp³-hybridized carbons (Fsp3) is 0.600. The quantitative estimate of drug-likeness (QED) is 0.778. The number of piperidine rings is 1. The molecule has 0 radical (unpaired) electrons. The molecule has 0 spiro atoms. The lowest BCUT2D eigenvalue weighted by molar-refractivity contribution is -0.0447. The standard InChI is InChI=1S/C15H21F2NO3S/c1-11(12-6-4-3-5-7-12)18-9-8-13(21-22(2,19)20)10-14(18)15(16)17/h3-7,11,13-15H,8-10H2,1-2H3/t11-,13?,14?/m1/s1. The van der Waals surface area contributed by atoms with Gasteiger partial charge >= 0.3 is 0 Å². The maximum atomic E-state index is 13.4. The average molecular weight is 333 g/mol. The molecule has 1 aliphatic rings. The second kappa shape index (κ2) is 7.02. The Morgan fingerprint density at radius 1 is 1.27 bits per heavy atom. The van der Waals surface area contributed by atoms with Crippen LogP contribution in [0, 0.1) is 0 Å². The molecule has 124 valence electrons. The molecule has 1 aromatic carbocycles. The second-order valence-electron chi connectivity index (χ2n) is 5.67. The van der Waals surface area contributed by atoms with Crippen LogP contribution in [0.5, 0.6) is 0 Å². The molecule has 0 saturated carbocycles. The van der Waals surface area contributed by atoms with E-state index in [1.807, 2.05) is 37.3 Å². The first-order chi connectivity index (χ1) is 10.3. The van der Waals surface area contributed by atoms with E-state index in [1.165, 1.54) is 0 Å². The highest BCUT2D eigenvalue weighted by atomic mass is 32.2. The number of hydrogen-bond donors (Lipinski definition) is 0. The summed E-state index contributed by atoms with van der Waals surface area (Å²) in [6.07, 6.45) is -1.83.